The molecule has 4 fully saturated rings. The fourth-order valence-corrected chi connectivity index (χ4v) is 4.97. The fraction of sp³-hybridized carbons (Fsp3) is 0.789. The molecule has 0 saturated heterocycles. The van der Waals surface area contributed by atoms with E-state index in [1.807, 2.05) is 20.8 Å². The van der Waals surface area contributed by atoms with Crippen LogP contribution in [0.2, 0.25) is 0 Å². The van der Waals surface area contributed by atoms with E-state index in [1.165, 1.54) is 6.42 Å². The van der Waals surface area contributed by atoms with Crippen molar-refractivity contribution in [3.63, 3.8) is 0 Å². The Morgan fingerprint density at radius 1 is 1.00 bits per heavy atom. The van der Waals surface area contributed by atoms with Crippen LogP contribution in [0.15, 0.2) is 12.2 Å². The first-order valence-electron chi connectivity index (χ1n) is 8.65. The molecule has 0 N–H and O–H groups in total. The largest absolute Gasteiger partial charge is 0.458 e. The second-order valence-corrected chi connectivity index (χ2v) is 9.14. The Kier molecular flexibility index (Phi) is 3.66. The Morgan fingerprint density at radius 2 is 1.48 bits per heavy atom. The van der Waals surface area contributed by atoms with Crippen LogP contribution in [0, 0.1) is 17.3 Å². The summed E-state index contributed by atoms with van der Waals surface area (Å²) in [6.07, 6.45) is 5.44. The lowest BCUT2D eigenvalue weighted by atomic mass is 9.52. The van der Waals surface area contributed by atoms with Crippen LogP contribution in [-0.2, 0) is 19.1 Å². The molecule has 0 heterocycles. The summed E-state index contributed by atoms with van der Waals surface area (Å²) in [5, 5.41) is 0. The Morgan fingerprint density at radius 3 is 1.91 bits per heavy atom. The van der Waals surface area contributed by atoms with Crippen LogP contribution in [0.5, 0.6) is 0 Å². The predicted molar refractivity (Wildman–Crippen MR) is 86.6 cm³/mol. The molecule has 0 spiro atoms. The van der Waals surface area contributed by atoms with Gasteiger partial charge in [0.25, 0.3) is 0 Å². The van der Waals surface area contributed by atoms with Crippen molar-refractivity contribution in [1.29, 1.82) is 0 Å². The number of carbonyl (C=O) groups excluding carboxylic acids is 2. The number of ether oxygens (including phenoxy) is 2. The number of rotatable bonds is 3. The minimum atomic E-state index is -0.509. The molecular weight excluding hydrogens is 292 g/mol. The highest BCUT2D eigenvalue weighted by atomic mass is 16.6. The lowest BCUT2D eigenvalue weighted by Crippen LogP contribution is -2.62. The number of carbonyl (C=O) groups is 2. The summed E-state index contributed by atoms with van der Waals surface area (Å²) in [5.41, 5.74) is -0.978. The molecule has 4 aliphatic carbocycles. The average molecular weight is 320 g/mol. The highest BCUT2D eigenvalue weighted by molar-refractivity contribution is 5.87. The molecule has 2 unspecified atom stereocenters. The van der Waals surface area contributed by atoms with Crippen LogP contribution < -0.4 is 0 Å². The van der Waals surface area contributed by atoms with Crippen molar-refractivity contribution in [1.82, 2.24) is 0 Å². The zero-order chi connectivity index (χ0) is 17.0. The van der Waals surface area contributed by atoms with Crippen molar-refractivity contribution in [3.8, 4) is 0 Å². The Balaban J connectivity index is 1.83. The van der Waals surface area contributed by atoms with Crippen LogP contribution >= 0.6 is 0 Å². The van der Waals surface area contributed by atoms with Crippen molar-refractivity contribution < 1.29 is 19.1 Å². The first kappa shape index (κ1) is 16.5. The highest BCUT2D eigenvalue weighted by Gasteiger charge is 2.61. The molecule has 0 aromatic carbocycles. The molecule has 4 nitrogen and oxygen atoms in total. The topological polar surface area (TPSA) is 52.6 Å². The normalized spacial score (nSPS) is 38.3. The molecular formula is C19H28O4. The Bertz CT molecular complexity index is 540. The Labute approximate surface area is 138 Å². The van der Waals surface area contributed by atoms with Gasteiger partial charge in [-0.05, 0) is 71.6 Å². The summed E-state index contributed by atoms with van der Waals surface area (Å²) in [7, 11) is 0. The molecule has 0 aromatic rings. The van der Waals surface area contributed by atoms with Crippen molar-refractivity contribution in [2.24, 2.45) is 17.3 Å². The van der Waals surface area contributed by atoms with Gasteiger partial charge in [-0.15, -0.1) is 0 Å². The molecule has 4 heteroatoms. The second-order valence-electron chi connectivity index (χ2n) is 9.14. The van der Waals surface area contributed by atoms with E-state index in [4.69, 9.17) is 9.47 Å². The zero-order valence-electron chi connectivity index (χ0n) is 14.7. The van der Waals surface area contributed by atoms with Gasteiger partial charge in [-0.2, -0.15) is 0 Å². The Hall–Kier alpha value is -1.32. The molecule has 4 aliphatic rings. The summed E-state index contributed by atoms with van der Waals surface area (Å²) in [5.74, 6) is 0.508. The van der Waals surface area contributed by atoms with Gasteiger partial charge < -0.3 is 9.47 Å². The van der Waals surface area contributed by atoms with Gasteiger partial charge >= 0.3 is 11.9 Å². The maximum absolute atomic E-state index is 12.4. The number of hydrogen-bond acceptors (Lipinski definition) is 4. The molecule has 2 atom stereocenters. The second kappa shape index (κ2) is 5.09. The van der Waals surface area contributed by atoms with Gasteiger partial charge in [-0.3, -0.25) is 4.79 Å². The minimum Gasteiger partial charge on any atom is -0.458 e. The van der Waals surface area contributed by atoms with Crippen LogP contribution in [0.4, 0.5) is 0 Å². The first-order valence-corrected chi connectivity index (χ1v) is 8.65. The van der Waals surface area contributed by atoms with Crippen molar-refractivity contribution >= 4 is 11.9 Å². The van der Waals surface area contributed by atoms with Gasteiger partial charge in [0.1, 0.15) is 11.2 Å². The van der Waals surface area contributed by atoms with E-state index < -0.39 is 16.6 Å². The van der Waals surface area contributed by atoms with E-state index in [0.717, 1.165) is 25.7 Å². The van der Waals surface area contributed by atoms with Crippen LogP contribution in [0.25, 0.3) is 0 Å². The molecule has 128 valence electrons. The minimum absolute atomic E-state index is 0.152. The lowest BCUT2D eigenvalue weighted by Gasteiger charge is -2.60. The summed E-state index contributed by atoms with van der Waals surface area (Å²) in [4.78, 5) is 24.5. The summed E-state index contributed by atoms with van der Waals surface area (Å²) < 4.78 is 11.9. The SMILES string of the molecule is C=C(C)C(=O)OC12CC3CC(C1)CC(OC(=O)C(C)(C)C)(C3)C2. The van der Waals surface area contributed by atoms with E-state index >= 15 is 0 Å². The lowest BCUT2D eigenvalue weighted by molar-refractivity contribution is -0.233. The molecule has 0 aliphatic heterocycles. The standard InChI is InChI=1S/C19H28O4/c1-12(2)15(20)22-18-7-13-6-14(8-18)10-19(9-13,11-18)23-16(21)17(3,4)5/h13-14H,1,6-11H2,2-5H3. The highest BCUT2D eigenvalue weighted by Crippen LogP contribution is 2.60. The van der Waals surface area contributed by atoms with E-state index in [-0.39, 0.29) is 11.9 Å². The molecule has 4 rings (SSSR count). The molecule has 0 aromatic heterocycles. The summed E-state index contributed by atoms with van der Waals surface area (Å²) >= 11 is 0. The predicted octanol–water partition coefficient (Wildman–Crippen LogP) is 3.79. The third kappa shape index (κ3) is 3.05. The molecule has 0 radical (unpaired) electrons. The van der Waals surface area contributed by atoms with Gasteiger partial charge in [-0.1, -0.05) is 6.58 Å². The van der Waals surface area contributed by atoms with Gasteiger partial charge in [0, 0.05) is 12.0 Å². The van der Waals surface area contributed by atoms with Crippen LogP contribution in [-0.4, -0.2) is 23.1 Å². The van der Waals surface area contributed by atoms with Gasteiger partial charge in [0.2, 0.25) is 0 Å². The third-order valence-corrected chi connectivity index (χ3v) is 5.53. The maximum atomic E-state index is 12.4. The third-order valence-electron chi connectivity index (χ3n) is 5.53. The van der Waals surface area contributed by atoms with E-state index in [2.05, 4.69) is 6.58 Å². The molecule has 4 bridgehead atoms. The summed E-state index contributed by atoms with van der Waals surface area (Å²) in [6.45, 7) is 11.0. The van der Waals surface area contributed by atoms with Crippen LogP contribution in [0.3, 0.4) is 0 Å². The molecule has 23 heavy (non-hydrogen) atoms. The molecule has 0 amide bonds. The monoisotopic (exact) mass is 320 g/mol. The number of esters is 2. The molecule has 4 saturated carbocycles. The smallest absolute Gasteiger partial charge is 0.333 e. The van der Waals surface area contributed by atoms with Crippen LogP contribution in [0.1, 0.15) is 66.2 Å². The van der Waals surface area contributed by atoms with Gasteiger partial charge in [0.05, 0.1) is 5.41 Å². The van der Waals surface area contributed by atoms with E-state index in [0.29, 0.717) is 23.8 Å². The van der Waals surface area contributed by atoms with Gasteiger partial charge in [-0.25, -0.2) is 4.79 Å². The van der Waals surface area contributed by atoms with Crippen molar-refractivity contribution in [3.05, 3.63) is 12.2 Å². The quantitative estimate of drug-likeness (QED) is 0.586. The fourth-order valence-electron chi connectivity index (χ4n) is 4.97. The van der Waals surface area contributed by atoms with E-state index in [9.17, 15) is 9.59 Å². The van der Waals surface area contributed by atoms with Crippen molar-refractivity contribution in [2.75, 3.05) is 0 Å². The first-order chi connectivity index (χ1) is 10.5. The van der Waals surface area contributed by atoms with Crippen molar-refractivity contribution in [2.45, 2.75) is 77.4 Å². The summed E-state index contributed by atoms with van der Waals surface area (Å²) in [6, 6.07) is 0. The maximum Gasteiger partial charge on any atom is 0.333 e. The number of hydrogen-bond donors (Lipinski definition) is 0. The zero-order valence-corrected chi connectivity index (χ0v) is 14.7. The van der Waals surface area contributed by atoms with E-state index in [1.54, 1.807) is 6.92 Å². The van der Waals surface area contributed by atoms with Gasteiger partial charge in [0.15, 0.2) is 0 Å². The average Bonchev–Trinajstić information content (AvgIpc) is 2.34.